The van der Waals surface area contributed by atoms with E-state index in [0.29, 0.717) is 31.2 Å². The molecule has 3 rings (SSSR count). The van der Waals surface area contributed by atoms with Gasteiger partial charge in [-0.3, -0.25) is 24.6 Å². The Morgan fingerprint density at radius 1 is 0.886 bits per heavy atom. The molecule has 0 radical (unpaired) electrons. The van der Waals surface area contributed by atoms with Crippen molar-refractivity contribution in [2.45, 2.75) is 89.5 Å². The average Bonchev–Trinajstić information content (AvgIpc) is 2.88. The number of piperidine rings is 2. The van der Waals surface area contributed by atoms with Crippen molar-refractivity contribution in [3.63, 3.8) is 0 Å². The third-order valence-electron chi connectivity index (χ3n) is 7.62. The number of hydrogen-bond acceptors (Lipinski definition) is 5. The lowest BCUT2D eigenvalue weighted by Crippen LogP contribution is -2.64. The second kappa shape index (κ2) is 13.8. The van der Waals surface area contributed by atoms with Crippen LogP contribution in [0.4, 0.5) is 4.39 Å². The van der Waals surface area contributed by atoms with Crippen molar-refractivity contribution in [2.24, 2.45) is 0 Å². The summed E-state index contributed by atoms with van der Waals surface area (Å²) < 4.78 is 13.1. The maximum absolute atomic E-state index is 13.4. The second-order valence-corrected chi connectivity index (χ2v) is 10.1. The maximum Gasteiger partial charge on any atom is 0.247 e. The minimum Gasteiger partial charge on any atom is -0.303 e. The van der Waals surface area contributed by atoms with Gasteiger partial charge in [0, 0.05) is 31.5 Å². The monoisotopic (exact) mass is 487 g/mol. The summed E-state index contributed by atoms with van der Waals surface area (Å²) >= 11 is 0. The molecule has 2 aliphatic rings. The molecule has 1 aromatic rings. The summed E-state index contributed by atoms with van der Waals surface area (Å²) in [6.45, 7) is 6.30. The van der Waals surface area contributed by atoms with E-state index in [1.54, 1.807) is 0 Å². The predicted molar refractivity (Wildman–Crippen MR) is 136 cm³/mol. The number of likely N-dealkylation sites (tertiary alicyclic amines) is 2. The molecule has 2 heterocycles. The third-order valence-corrected chi connectivity index (χ3v) is 7.62. The van der Waals surface area contributed by atoms with Crippen LogP contribution in [-0.4, -0.2) is 65.7 Å². The summed E-state index contributed by atoms with van der Waals surface area (Å²) in [5.74, 6) is -0.578. The van der Waals surface area contributed by atoms with Crippen molar-refractivity contribution in [2.75, 3.05) is 32.7 Å². The summed E-state index contributed by atoms with van der Waals surface area (Å²) in [4.78, 5) is 42.9. The van der Waals surface area contributed by atoms with Gasteiger partial charge < -0.3 is 4.90 Å². The minimum absolute atomic E-state index is 0.0292. The second-order valence-electron chi connectivity index (χ2n) is 10.1. The van der Waals surface area contributed by atoms with Crippen LogP contribution in [0.2, 0.25) is 0 Å². The number of benzene rings is 1. The van der Waals surface area contributed by atoms with Gasteiger partial charge in [0.25, 0.3) is 0 Å². The van der Waals surface area contributed by atoms with Gasteiger partial charge in [-0.15, -0.1) is 0 Å². The van der Waals surface area contributed by atoms with Crippen molar-refractivity contribution in [1.29, 1.82) is 0 Å². The molecule has 0 atom stereocenters. The van der Waals surface area contributed by atoms with Gasteiger partial charge in [0.1, 0.15) is 11.4 Å². The largest absolute Gasteiger partial charge is 0.303 e. The molecule has 2 saturated heterocycles. The fourth-order valence-electron chi connectivity index (χ4n) is 5.42. The third kappa shape index (κ3) is 7.94. The van der Waals surface area contributed by atoms with E-state index in [4.69, 9.17) is 0 Å². The Labute approximate surface area is 209 Å². The van der Waals surface area contributed by atoms with Crippen molar-refractivity contribution < 1.29 is 18.8 Å². The molecular formula is C28H42FN3O3. The van der Waals surface area contributed by atoms with Crippen LogP contribution in [0.5, 0.6) is 0 Å². The molecule has 0 spiro atoms. The fourth-order valence-corrected chi connectivity index (χ4v) is 5.42. The van der Waals surface area contributed by atoms with Crippen LogP contribution in [-0.2, 0) is 9.59 Å². The number of carbonyl (C=O) groups excluding carboxylic acids is 3. The number of Topliss-reactive ketones (excluding diaryl/α,β-unsaturated/α-hetero) is 1. The molecule has 2 amide bonds. The SMILES string of the molecule is CCCCCCC(=O)NC(=O)C1(N2CCCCC2)CCN(CCCC(=O)c2ccc(F)cc2)CC1. The highest BCUT2D eigenvalue weighted by atomic mass is 19.1. The normalized spacial score (nSPS) is 18.8. The highest BCUT2D eigenvalue weighted by Crippen LogP contribution is 2.32. The van der Waals surface area contributed by atoms with Crippen molar-refractivity contribution in [1.82, 2.24) is 15.1 Å². The fraction of sp³-hybridized carbons (Fsp3) is 0.679. The number of amides is 2. The summed E-state index contributed by atoms with van der Waals surface area (Å²) in [5.41, 5.74) is -0.0647. The van der Waals surface area contributed by atoms with Gasteiger partial charge in [-0.2, -0.15) is 0 Å². The topological polar surface area (TPSA) is 69.7 Å². The smallest absolute Gasteiger partial charge is 0.247 e. The number of nitrogens with zero attached hydrogens (tertiary/aromatic N) is 2. The van der Waals surface area contributed by atoms with Crippen LogP contribution in [0.15, 0.2) is 24.3 Å². The van der Waals surface area contributed by atoms with Gasteiger partial charge in [0.05, 0.1) is 0 Å². The van der Waals surface area contributed by atoms with Crippen molar-refractivity contribution in [3.8, 4) is 0 Å². The Bertz CT molecular complexity index is 828. The van der Waals surface area contributed by atoms with E-state index in [0.717, 1.165) is 77.7 Å². The van der Waals surface area contributed by atoms with Gasteiger partial charge in [-0.05, 0) is 82.4 Å². The molecule has 0 aromatic heterocycles. The number of ketones is 1. The number of carbonyl (C=O) groups is 3. The van der Waals surface area contributed by atoms with Crippen molar-refractivity contribution in [3.05, 3.63) is 35.6 Å². The average molecular weight is 488 g/mol. The van der Waals surface area contributed by atoms with Crippen LogP contribution in [0.1, 0.15) is 94.3 Å². The molecule has 7 heteroatoms. The Morgan fingerprint density at radius 3 is 2.23 bits per heavy atom. The van der Waals surface area contributed by atoms with Gasteiger partial charge in [0.15, 0.2) is 5.78 Å². The van der Waals surface area contributed by atoms with Crippen LogP contribution in [0.3, 0.4) is 0 Å². The zero-order valence-corrected chi connectivity index (χ0v) is 21.3. The van der Waals surface area contributed by atoms with Crippen LogP contribution in [0, 0.1) is 5.82 Å². The van der Waals surface area contributed by atoms with E-state index in [1.165, 1.54) is 30.7 Å². The molecule has 1 aromatic carbocycles. The summed E-state index contributed by atoms with van der Waals surface area (Å²) in [5, 5.41) is 2.75. The van der Waals surface area contributed by atoms with Gasteiger partial charge in [0.2, 0.25) is 11.8 Å². The van der Waals surface area contributed by atoms with E-state index < -0.39 is 5.54 Å². The van der Waals surface area contributed by atoms with E-state index in [-0.39, 0.29) is 23.4 Å². The summed E-state index contributed by atoms with van der Waals surface area (Å²) in [6.07, 6.45) is 10.4. The molecule has 0 bridgehead atoms. The Balaban J connectivity index is 1.51. The zero-order chi connectivity index (χ0) is 25.1. The predicted octanol–water partition coefficient (Wildman–Crippen LogP) is 4.72. The molecule has 1 N–H and O–H groups in total. The quantitative estimate of drug-likeness (QED) is 0.341. The maximum atomic E-state index is 13.4. The summed E-state index contributed by atoms with van der Waals surface area (Å²) in [7, 11) is 0. The first kappa shape index (κ1) is 27.5. The number of hydrogen-bond donors (Lipinski definition) is 1. The lowest BCUT2D eigenvalue weighted by Gasteiger charge is -2.48. The lowest BCUT2D eigenvalue weighted by atomic mass is 9.83. The molecular weight excluding hydrogens is 445 g/mol. The van der Waals surface area contributed by atoms with E-state index in [1.807, 2.05) is 0 Å². The molecule has 2 aliphatic heterocycles. The molecule has 0 saturated carbocycles. The first-order valence-corrected chi connectivity index (χ1v) is 13.5. The highest BCUT2D eigenvalue weighted by molar-refractivity contribution is 6.00. The highest BCUT2D eigenvalue weighted by Gasteiger charge is 2.46. The number of halogens is 1. The Morgan fingerprint density at radius 2 is 1.57 bits per heavy atom. The minimum atomic E-state index is -0.611. The van der Waals surface area contributed by atoms with Crippen LogP contribution in [0.25, 0.3) is 0 Å². The molecule has 35 heavy (non-hydrogen) atoms. The molecule has 0 unspecified atom stereocenters. The van der Waals surface area contributed by atoms with Crippen LogP contribution >= 0.6 is 0 Å². The standard InChI is InChI=1S/C28H42FN3O3/c1-2-3-4-6-11-26(34)30-27(35)28(32-19-7-5-8-20-32)16-21-31(22-17-28)18-9-10-25(33)23-12-14-24(29)15-13-23/h12-15H,2-11,16-22H2,1H3,(H,30,34,35). The summed E-state index contributed by atoms with van der Waals surface area (Å²) in [6, 6.07) is 5.71. The van der Waals surface area contributed by atoms with Crippen molar-refractivity contribution >= 4 is 17.6 Å². The number of nitrogens with one attached hydrogen (secondary N) is 1. The molecule has 194 valence electrons. The van der Waals surface area contributed by atoms with Gasteiger partial charge in [-0.25, -0.2) is 4.39 Å². The molecule has 0 aliphatic carbocycles. The first-order valence-electron chi connectivity index (χ1n) is 13.5. The molecule has 6 nitrogen and oxygen atoms in total. The number of rotatable bonds is 12. The van der Waals surface area contributed by atoms with Gasteiger partial charge >= 0.3 is 0 Å². The number of imide groups is 1. The number of unbranched alkanes of at least 4 members (excludes halogenated alkanes) is 3. The Hall–Kier alpha value is -2.12. The van der Waals surface area contributed by atoms with Crippen LogP contribution < -0.4 is 5.32 Å². The van der Waals surface area contributed by atoms with Gasteiger partial charge in [-0.1, -0.05) is 32.6 Å². The van der Waals surface area contributed by atoms with E-state index in [9.17, 15) is 18.8 Å². The first-order chi connectivity index (χ1) is 16.9. The molecule has 2 fully saturated rings. The lowest BCUT2D eigenvalue weighted by molar-refractivity contribution is -0.142. The zero-order valence-electron chi connectivity index (χ0n) is 21.3. The van der Waals surface area contributed by atoms with E-state index >= 15 is 0 Å². The Kier molecular flexibility index (Phi) is 10.9. The van der Waals surface area contributed by atoms with E-state index in [2.05, 4.69) is 22.0 Å².